The monoisotopic (exact) mass is 325 g/mol. The summed E-state index contributed by atoms with van der Waals surface area (Å²) in [7, 11) is 1.98. The molecule has 2 aromatic heterocycles. The zero-order valence-electron chi connectivity index (χ0n) is 13.4. The van der Waals surface area contributed by atoms with Gasteiger partial charge in [-0.2, -0.15) is 0 Å². The second-order valence-electron chi connectivity index (χ2n) is 6.36. The fourth-order valence-corrected chi connectivity index (χ4v) is 2.86. The Hall–Kier alpha value is -2.60. The Balaban J connectivity index is 1.40. The highest BCUT2D eigenvalue weighted by Gasteiger charge is 2.28. The molecule has 3 aromatic rings. The first-order valence-corrected chi connectivity index (χ1v) is 8.09. The van der Waals surface area contributed by atoms with Gasteiger partial charge in [-0.1, -0.05) is 11.2 Å². The number of nitrogens with one attached hydrogen (secondary N) is 1. The van der Waals surface area contributed by atoms with E-state index in [0.29, 0.717) is 5.92 Å². The van der Waals surface area contributed by atoms with Gasteiger partial charge >= 0.3 is 0 Å². The van der Waals surface area contributed by atoms with Gasteiger partial charge in [-0.25, -0.2) is 0 Å². The third-order valence-corrected chi connectivity index (χ3v) is 4.49. The molecule has 6 nitrogen and oxygen atoms in total. The molecule has 0 saturated heterocycles. The van der Waals surface area contributed by atoms with Gasteiger partial charge in [0, 0.05) is 37.3 Å². The predicted molar refractivity (Wildman–Crippen MR) is 88.7 cm³/mol. The van der Waals surface area contributed by atoms with Crippen LogP contribution >= 0.6 is 0 Å². The summed E-state index contributed by atoms with van der Waals surface area (Å²) in [6, 6.07) is 9.47. The van der Waals surface area contributed by atoms with E-state index in [4.69, 9.17) is 4.52 Å². The summed E-state index contributed by atoms with van der Waals surface area (Å²) in [6.45, 7) is 0.128. The van der Waals surface area contributed by atoms with Crippen LogP contribution in [0, 0.1) is 0 Å². The van der Waals surface area contributed by atoms with E-state index in [2.05, 4.69) is 10.5 Å². The number of carbonyl (C=O) groups excluding carboxylic acids is 1. The van der Waals surface area contributed by atoms with Crippen molar-refractivity contribution in [3.8, 4) is 0 Å². The lowest BCUT2D eigenvalue weighted by molar-refractivity contribution is 0.0907. The average Bonchev–Trinajstić information content (AvgIpc) is 3.21. The summed E-state index contributed by atoms with van der Waals surface area (Å²) in [4.78, 5) is 12.1. The first kappa shape index (κ1) is 15.0. The number of hydrogen-bond acceptors (Lipinski definition) is 4. The number of benzene rings is 1. The van der Waals surface area contributed by atoms with Crippen LogP contribution in [0.4, 0.5) is 0 Å². The summed E-state index contributed by atoms with van der Waals surface area (Å²) >= 11 is 0. The summed E-state index contributed by atoms with van der Waals surface area (Å²) in [5, 5.41) is 17.9. The number of nitrogens with zero attached hydrogens (tertiary/aromatic N) is 2. The van der Waals surface area contributed by atoms with Gasteiger partial charge in [0.15, 0.2) is 5.69 Å². The Morgan fingerprint density at radius 2 is 2.25 bits per heavy atom. The predicted octanol–water partition coefficient (Wildman–Crippen LogP) is 2.51. The van der Waals surface area contributed by atoms with Crippen LogP contribution in [0.15, 0.2) is 41.1 Å². The van der Waals surface area contributed by atoms with Gasteiger partial charge in [0.05, 0.1) is 6.10 Å². The van der Waals surface area contributed by atoms with E-state index in [1.54, 1.807) is 6.07 Å². The lowest BCUT2D eigenvalue weighted by atomic mass is 10.1. The highest BCUT2D eigenvalue weighted by Crippen LogP contribution is 2.40. The number of rotatable bonds is 5. The molecular formula is C18H19N3O3. The SMILES string of the molecule is Cn1ccc2cc([C@H](O)CNC(=O)c3cc(C4CC4)on3)ccc21. The number of aryl methyl sites for hydroxylation is 1. The third-order valence-electron chi connectivity index (χ3n) is 4.49. The van der Waals surface area contributed by atoms with Crippen LogP contribution in [-0.2, 0) is 7.05 Å². The zero-order chi connectivity index (χ0) is 16.7. The topological polar surface area (TPSA) is 80.3 Å². The molecule has 1 saturated carbocycles. The highest BCUT2D eigenvalue weighted by molar-refractivity contribution is 5.92. The Labute approximate surface area is 139 Å². The van der Waals surface area contributed by atoms with Crippen LogP contribution in [0.3, 0.4) is 0 Å². The number of aliphatic hydroxyl groups excluding tert-OH is 1. The van der Waals surface area contributed by atoms with E-state index in [1.807, 2.05) is 42.1 Å². The molecule has 0 unspecified atom stereocenters. The molecule has 2 N–H and O–H groups in total. The average molecular weight is 325 g/mol. The van der Waals surface area contributed by atoms with Gasteiger partial charge in [0.1, 0.15) is 5.76 Å². The smallest absolute Gasteiger partial charge is 0.273 e. The van der Waals surface area contributed by atoms with E-state index in [0.717, 1.165) is 35.1 Å². The van der Waals surface area contributed by atoms with Gasteiger partial charge < -0.3 is 19.5 Å². The minimum Gasteiger partial charge on any atom is -0.387 e. The molecule has 0 aliphatic heterocycles. The number of amides is 1. The molecule has 124 valence electrons. The highest BCUT2D eigenvalue weighted by atomic mass is 16.5. The van der Waals surface area contributed by atoms with Crippen LogP contribution < -0.4 is 5.32 Å². The molecule has 1 aliphatic carbocycles. The van der Waals surface area contributed by atoms with E-state index in [9.17, 15) is 9.90 Å². The Kier molecular flexibility index (Phi) is 3.61. The van der Waals surface area contributed by atoms with Gasteiger partial charge in [-0.15, -0.1) is 0 Å². The molecule has 0 radical (unpaired) electrons. The zero-order valence-corrected chi connectivity index (χ0v) is 13.4. The van der Waals surface area contributed by atoms with Gasteiger partial charge in [0.2, 0.25) is 0 Å². The number of hydrogen-bond donors (Lipinski definition) is 2. The lowest BCUT2D eigenvalue weighted by Crippen LogP contribution is -2.28. The van der Waals surface area contributed by atoms with E-state index >= 15 is 0 Å². The second kappa shape index (κ2) is 5.79. The maximum absolute atomic E-state index is 12.1. The maximum atomic E-state index is 12.1. The van der Waals surface area contributed by atoms with Crippen molar-refractivity contribution >= 4 is 16.8 Å². The molecule has 0 bridgehead atoms. The van der Waals surface area contributed by atoms with Crippen molar-refractivity contribution in [2.75, 3.05) is 6.54 Å². The molecule has 6 heteroatoms. The van der Waals surface area contributed by atoms with Crippen molar-refractivity contribution in [2.45, 2.75) is 24.9 Å². The number of carbonyl (C=O) groups is 1. The van der Waals surface area contributed by atoms with Gasteiger partial charge in [-0.05, 0) is 42.0 Å². The molecular weight excluding hydrogens is 306 g/mol. The Morgan fingerprint density at radius 1 is 1.42 bits per heavy atom. The molecule has 1 aromatic carbocycles. The normalized spacial score (nSPS) is 15.6. The Bertz CT molecular complexity index is 892. The largest absolute Gasteiger partial charge is 0.387 e. The van der Waals surface area contributed by atoms with Crippen molar-refractivity contribution in [3.05, 3.63) is 53.5 Å². The van der Waals surface area contributed by atoms with Crippen molar-refractivity contribution in [2.24, 2.45) is 7.05 Å². The lowest BCUT2D eigenvalue weighted by Gasteiger charge is -2.12. The molecule has 1 aliphatic rings. The molecule has 1 amide bonds. The van der Waals surface area contributed by atoms with Crippen LogP contribution in [0.25, 0.3) is 10.9 Å². The number of aliphatic hydroxyl groups is 1. The van der Waals surface area contributed by atoms with Crippen LogP contribution in [0.5, 0.6) is 0 Å². The minimum atomic E-state index is -0.770. The third kappa shape index (κ3) is 2.80. The van der Waals surface area contributed by atoms with Crippen LogP contribution in [0.2, 0.25) is 0 Å². The molecule has 1 atom stereocenters. The first-order chi connectivity index (χ1) is 11.6. The quantitative estimate of drug-likeness (QED) is 0.755. The summed E-state index contributed by atoms with van der Waals surface area (Å²) < 4.78 is 7.20. The first-order valence-electron chi connectivity index (χ1n) is 8.09. The summed E-state index contributed by atoms with van der Waals surface area (Å²) in [5.74, 6) is 0.864. The molecule has 1 fully saturated rings. The van der Waals surface area contributed by atoms with Crippen LogP contribution in [-0.4, -0.2) is 27.3 Å². The van der Waals surface area contributed by atoms with E-state index in [1.165, 1.54) is 0 Å². The van der Waals surface area contributed by atoms with E-state index < -0.39 is 6.10 Å². The van der Waals surface area contributed by atoms with Gasteiger partial charge in [-0.3, -0.25) is 4.79 Å². The molecule has 4 rings (SSSR count). The minimum absolute atomic E-state index is 0.128. The fourth-order valence-electron chi connectivity index (χ4n) is 2.86. The standard InChI is InChI=1S/C18H19N3O3/c1-21-7-6-12-8-13(4-5-15(12)21)16(22)10-19-18(23)14-9-17(24-20-14)11-2-3-11/h4-9,11,16,22H,2-3,10H2,1H3,(H,19,23)/t16-/m1/s1. The number of fused-ring (bicyclic) bond motifs is 1. The second-order valence-corrected chi connectivity index (χ2v) is 6.36. The number of aromatic nitrogens is 2. The van der Waals surface area contributed by atoms with Crippen molar-refractivity contribution in [1.82, 2.24) is 15.0 Å². The van der Waals surface area contributed by atoms with Crippen molar-refractivity contribution in [1.29, 1.82) is 0 Å². The summed E-state index contributed by atoms with van der Waals surface area (Å²) in [5.41, 5.74) is 2.14. The molecule has 2 heterocycles. The summed E-state index contributed by atoms with van der Waals surface area (Å²) in [6.07, 6.45) is 3.40. The van der Waals surface area contributed by atoms with E-state index in [-0.39, 0.29) is 18.1 Å². The fraction of sp³-hybridized carbons (Fsp3) is 0.333. The maximum Gasteiger partial charge on any atom is 0.273 e. The van der Waals surface area contributed by atoms with Crippen LogP contribution in [0.1, 0.15) is 46.7 Å². The Morgan fingerprint density at radius 3 is 3.04 bits per heavy atom. The van der Waals surface area contributed by atoms with Crippen molar-refractivity contribution < 1.29 is 14.4 Å². The molecule has 24 heavy (non-hydrogen) atoms. The van der Waals surface area contributed by atoms with Crippen molar-refractivity contribution in [3.63, 3.8) is 0 Å². The molecule has 0 spiro atoms. The van der Waals surface area contributed by atoms with Gasteiger partial charge in [0.25, 0.3) is 5.91 Å².